The van der Waals surface area contributed by atoms with E-state index in [-0.39, 0.29) is 18.5 Å². The molecule has 3 heterocycles. The van der Waals surface area contributed by atoms with Crippen LogP contribution in [0.4, 0.5) is 0 Å². The van der Waals surface area contributed by atoms with Gasteiger partial charge in [0.2, 0.25) is 0 Å². The first kappa shape index (κ1) is 53.8. The fourth-order valence-corrected chi connectivity index (χ4v) is 15.7. The molecule has 1 saturated heterocycles. The molecule has 372 valence electrons. The standard InChI is InChI=1S/C47H49N4O14P3S2Si/c1-71(2)44(42(33-10-5-3-6-11-33)43(34-12-7-4-8-13-34)45(71)36-22-17-32(18-23-36)27-48-30-69)35-20-15-31(16-21-35)19-24-40(70)49-25-9-14-37-28-51(47(54)50-46(37)53)41-26-38(52)39(63-41)29-62-67(58,59)65-68(60,61)64-66(55,56)57/h3-18,20-23,28,38-39,41,52H,19,24-27,29H2,1-2H3,(H,49,70)(H,58,59)(H,60,61)(H,50,53,54)(H2,55,56,57)/b14-9+/t38?,39-,41-/m1/s1. The third-order valence-electron chi connectivity index (χ3n) is 11.6. The Kier molecular flexibility index (Phi) is 17.3. The number of rotatable bonds is 20. The van der Waals surface area contributed by atoms with Gasteiger partial charge in [-0.1, -0.05) is 147 Å². The third-order valence-corrected chi connectivity index (χ3v) is 19.5. The number of aliphatic hydroxyl groups is 1. The van der Waals surface area contributed by atoms with Crippen LogP contribution in [0.3, 0.4) is 0 Å². The largest absolute Gasteiger partial charge is 0.490 e. The number of aromatic amines is 1. The number of H-pyrrole nitrogens is 1. The van der Waals surface area contributed by atoms with Crippen molar-refractivity contribution in [3.05, 3.63) is 181 Å². The van der Waals surface area contributed by atoms with Crippen LogP contribution >= 0.6 is 47.9 Å². The first-order valence-electron chi connectivity index (χ1n) is 21.9. The van der Waals surface area contributed by atoms with E-state index < -0.39 is 67.8 Å². The van der Waals surface area contributed by atoms with Gasteiger partial charge < -0.3 is 34.7 Å². The van der Waals surface area contributed by atoms with Gasteiger partial charge in [-0.05, 0) is 73.6 Å². The Hall–Kier alpha value is -4.98. The number of hydrogen-bond donors (Lipinski definition) is 7. The number of nitrogens with zero attached hydrogens (tertiary/aromatic N) is 2. The number of benzene rings is 4. The van der Waals surface area contributed by atoms with Crippen molar-refractivity contribution in [3.63, 3.8) is 0 Å². The third kappa shape index (κ3) is 13.8. The Bertz CT molecular complexity index is 3200. The Morgan fingerprint density at radius 1 is 0.845 bits per heavy atom. The molecule has 0 amide bonds. The summed E-state index contributed by atoms with van der Waals surface area (Å²) in [6.07, 6.45) is 1.27. The number of allylic oxidation sites excluding steroid dienone is 2. The molecule has 5 aromatic rings. The van der Waals surface area contributed by atoms with Gasteiger partial charge in [-0.2, -0.15) is 8.62 Å². The number of phosphoric acid groups is 3. The molecular weight excluding hydrogens is 1030 g/mol. The zero-order valence-corrected chi connectivity index (χ0v) is 43.4. The molecule has 0 bridgehead atoms. The normalized spacial score (nSPS) is 19.6. The van der Waals surface area contributed by atoms with Crippen molar-refractivity contribution >= 4 is 93.7 Å². The summed E-state index contributed by atoms with van der Waals surface area (Å²) in [5.74, 6) is 0. The number of aliphatic hydroxyl groups excluding tert-OH is 1. The highest BCUT2D eigenvalue weighted by molar-refractivity contribution is 7.80. The summed E-state index contributed by atoms with van der Waals surface area (Å²) >= 11 is 10.5. The minimum atomic E-state index is -5.77. The van der Waals surface area contributed by atoms with E-state index in [0.29, 0.717) is 24.4 Å². The van der Waals surface area contributed by atoms with E-state index >= 15 is 0 Å². The summed E-state index contributed by atoms with van der Waals surface area (Å²) in [5.41, 5.74) is 7.74. The minimum Gasteiger partial charge on any atom is -0.390 e. The predicted molar refractivity (Wildman–Crippen MR) is 279 cm³/mol. The minimum absolute atomic E-state index is 0.0514. The highest BCUT2D eigenvalue weighted by Gasteiger charge is 2.45. The zero-order valence-electron chi connectivity index (χ0n) is 38.1. The van der Waals surface area contributed by atoms with Crippen LogP contribution < -0.4 is 16.6 Å². The lowest BCUT2D eigenvalue weighted by molar-refractivity contribution is -0.0450. The Morgan fingerprint density at radius 2 is 1.41 bits per heavy atom. The Labute approximate surface area is 419 Å². The number of ether oxygens (including phenoxy) is 1. The highest BCUT2D eigenvalue weighted by Crippen LogP contribution is 2.66. The topological polar surface area (TPSA) is 269 Å². The van der Waals surface area contributed by atoms with Crippen LogP contribution in [0.25, 0.3) is 27.6 Å². The van der Waals surface area contributed by atoms with Gasteiger partial charge in [0.25, 0.3) is 5.56 Å². The summed E-state index contributed by atoms with van der Waals surface area (Å²) < 4.78 is 53.2. The lowest BCUT2D eigenvalue weighted by atomic mass is 9.89. The van der Waals surface area contributed by atoms with Crippen LogP contribution in [-0.4, -0.2) is 77.8 Å². The summed E-state index contributed by atoms with van der Waals surface area (Å²) in [5, 5.41) is 18.9. The molecule has 0 saturated carbocycles. The van der Waals surface area contributed by atoms with E-state index in [1.807, 2.05) is 12.1 Å². The number of thiocarbonyl (C=S) groups is 2. The van der Waals surface area contributed by atoms with Gasteiger partial charge in [0, 0.05) is 25.6 Å². The van der Waals surface area contributed by atoms with E-state index in [1.165, 1.54) is 39.4 Å². The molecule has 7 N–H and O–H groups in total. The smallest absolute Gasteiger partial charge is 0.390 e. The van der Waals surface area contributed by atoms with Crippen LogP contribution in [0, 0.1) is 0 Å². The van der Waals surface area contributed by atoms with Gasteiger partial charge in [-0.15, -0.1) is 0 Å². The molecule has 4 aromatic carbocycles. The van der Waals surface area contributed by atoms with Gasteiger partial charge in [0.1, 0.15) is 20.4 Å². The SMILES string of the molecule is C[Si]1(C)C(c2ccc(CCC(=S)NC/C=C/c3cn([C@H]4CC(O)[C@@H](COP(=O)(O)OP(=O)(O)OP(=O)(O)O)O4)c(=O)[nH]c3=O)cc2)=C(c2ccccc2)C(c2ccccc2)=C1c1ccc(CN=C=S)cc1. The summed E-state index contributed by atoms with van der Waals surface area (Å²) in [7, 11) is -19.3. The van der Waals surface area contributed by atoms with Gasteiger partial charge in [-0.25, -0.2) is 23.5 Å². The van der Waals surface area contributed by atoms with Crippen LogP contribution in [-0.2, 0) is 44.5 Å². The van der Waals surface area contributed by atoms with Gasteiger partial charge in [-0.3, -0.25) is 18.9 Å². The van der Waals surface area contributed by atoms with Gasteiger partial charge in [0.15, 0.2) is 0 Å². The maximum absolute atomic E-state index is 12.8. The van der Waals surface area contributed by atoms with Crippen LogP contribution in [0.5, 0.6) is 0 Å². The first-order valence-corrected chi connectivity index (χ1v) is 30.2. The second-order valence-corrected chi connectivity index (χ2v) is 26.3. The highest BCUT2D eigenvalue weighted by atomic mass is 32.1. The van der Waals surface area contributed by atoms with Crippen LogP contribution in [0.1, 0.15) is 58.0 Å². The molecule has 2 aliphatic rings. The van der Waals surface area contributed by atoms with E-state index in [4.69, 9.17) is 39.0 Å². The van der Waals surface area contributed by atoms with Crippen LogP contribution in [0.2, 0.25) is 13.1 Å². The molecule has 24 heteroatoms. The molecule has 1 fully saturated rings. The molecular formula is C47H49N4O14P3S2Si. The molecule has 2 aliphatic heterocycles. The monoisotopic (exact) mass is 1080 g/mol. The van der Waals surface area contributed by atoms with E-state index in [1.54, 1.807) is 6.08 Å². The fraction of sp³-hybridized carbons (Fsp3) is 0.234. The molecule has 0 radical (unpaired) electrons. The number of aliphatic imine (C=N–C) groups is 1. The van der Waals surface area contributed by atoms with Crippen molar-refractivity contribution < 1.29 is 56.3 Å². The van der Waals surface area contributed by atoms with Crippen molar-refractivity contribution in [2.75, 3.05) is 13.2 Å². The second kappa shape index (κ2) is 22.8. The number of nitrogens with one attached hydrogen (secondary N) is 2. The van der Waals surface area contributed by atoms with Gasteiger partial charge in [0.05, 0.1) is 35.0 Å². The van der Waals surface area contributed by atoms with E-state index in [0.717, 1.165) is 32.4 Å². The van der Waals surface area contributed by atoms with E-state index in [9.17, 15) is 38.2 Å². The lowest BCUT2D eigenvalue weighted by Crippen LogP contribution is -2.33. The maximum atomic E-state index is 12.8. The zero-order chi connectivity index (χ0) is 51.1. The maximum Gasteiger partial charge on any atom is 0.490 e. The van der Waals surface area contributed by atoms with E-state index in [2.05, 4.69) is 144 Å². The number of aromatic nitrogens is 2. The van der Waals surface area contributed by atoms with Crippen molar-refractivity contribution in [2.24, 2.45) is 4.99 Å². The van der Waals surface area contributed by atoms with Crippen molar-refractivity contribution in [3.8, 4) is 0 Å². The predicted octanol–water partition coefficient (Wildman–Crippen LogP) is 8.02. The number of isothiocyanates is 1. The number of hydrogen-bond acceptors (Lipinski definition) is 13. The van der Waals surface area contributed by atoms with Gasteiger partial charge >= 0.3 is 29.2 Å². The quantitative estimate of drug-likeness (QED) is 0.0168. The average Bonchev–Trinajstić information content (AvgIpc) is 3.81. The second-order valence-electron chi connectivity index (χ2n) is 16.9. The first-order chi connectivity index (χ1) is 33.6. The summed E-state index contributed by atoms with van der Waals surface area (Å²) in [6.45, 7) is 4.63. The molecule has 1 aromatic heterocycles. The summed E-state index contributed by atoms with van der Waals surface area (Å²) in [6, 6.07) is 38.5. The molecule has 7 rings (SSSR count). The van der Waals surface area contributed by atoms with Crippen molar-refractivity contribution in [2.45, 2.75) is 57.3 Å². The average molecular weight is 1080 g/mol. The Morgan fingerprint density at radius 3 is 1.96 bits per heavy atom. The Balaban J connectivity index is 0.995. The molecule has 5 atom stereocenters. The molecule has 3 unspecified atom stereocenters. The van der Waals surface area contributed by atoms with Crippen molar-refractivity contribution in [1.82, 2.24) is 14.9 Å². The number of aryl methyl sites for hydroxylation is 1. The van der Waals surface area contributed by atoms with Crippen molar-refractivity contribution in [1.29, 1.82) is 0 Å². The van der Waals surface area contributed by atoms with Crippen LogP contribution in [0.15, 0.2) is 136 Å². The molecule has 0 aliphatic carbocycles. The fourth-order valence-electron chi connectivity index (χ4n) is 8.58. The lowest BCUT2D eigenvalue weighted by Gasteiger charge is -2.27. The summed E-state index contributed by atoms with van der Waals surface area (Å²) in [4.78, 5) is 68.9. The molecule has 71 heavy (non-hydrogen) atoms. The number of phosphoric ester groups is 1. The molecule has 0 spiro atoms. The molecule has 18 nitrogen and oxygen atoms in total.